The molecule has 0 spiro atoms. The second-order valence-electron chi connectivity index (χ2n) is 5.05. The van der Waals surface area contributed by atoms with Gasteiger partial charge in [-0.3, -0.25) is 4.79 Å². The second-order valence-corrected chi connectivity index (χ2v) is 5.48. The summed E-state index contributed by atoms with van der Waals surface area (Å²) in [6, 6.07) is 19.5. The van der Waals surface area contributed by atoms with Gasteiger partial charge in [-0.05, 0) is 34.5 Å². The van der Waals surface area contributed by atoms with Gasteiger partial charge in [0.25, 0.3) is 5.91 Å². The molecule has 3 aromatic carbocycles. The Bertz CT molecular complexity index is 840. The van der Waals surface area contributed by atoms with E-state index in [9.17, 15) is 4.79 Å². The summed E-state index contributed by atoms with van der Waals surface area (Å²) in [5, 5.41) is 6.14. The van der Waals surface area contributed by atoms with E-state index in [1.807, 2.05) is 18.2 Å². The van der Waals surface area contributed by atoms with Gasteiger partial charge in [0.05, 0.1) is 5.56 Å². The number of anilines is 1. The quantitative estimate of drug-likeness (QED) is 0.758. The molecule has 110 valence electrons. The van der Waals surface area contributed by atoms with E-state index in [2.05, 4.69) is 29.6 Å². The van der Waals surface area contributed by atoms with Crippen LogP contribution >= 0.6 is 11.6 Å². The molecule has 3 nitrogen and oxygen atoms in total. The summed E-state index contributed by atoms with van der Waals surface area (Å²) in [4.78, 5) is 11.5. The van der Waals surface area contributed by atoms with E-state index < -0.39 is 5.91 Å². The van der Waals surface area contributed by atoms with Gasteiger partial charge in [0, 0.05) is 17.3 Å². The first-order chi connectivity index (χ1) is 10.6. The van der Waals surface area contributed by atoms with E-state index in [0.29, 0.717) is 22.8 Å². The zero-order chi connectivity index (χ0) is 15.5. The van der Waals surface area contributed by atoms with Gasteiger partial charge < -0.3 is 11.1 Å². The van der Waals surface area contributed by atoms with E-state index in [4.69, 9.17) is 17.3 Å². The fourth-order valence-corrected chi connectivity index (χ4v) is 2.68. The van der Waals surface area contributed by atoms with Crippen LogP contribution in [0.25, 0.3) is 10.8 Å². The number of benzene rings is 3. The Morgan fingerprint density at radius 1 is 1.05 bits per heavy atom. The molecule has 0 aliphatic heterocycles. The molecular weight excluding hydrogens is 296 g/mol. The van der Waals surface area contributed by atoms with Gasteiger partial charge >= 0.3 is 0 Å². The molecule has 0 saturated heterocycles. The molecule has 3 aromatic rings. The number of carbonyl (C=O) groups is 1. The monoisotopic (exact) mass is 310 g/mol. The van der Waals surface area contributed by atoms with E-state index in [1.54, 1.807) is 18.2 Å². The Hall–Kier alpha value is -2.52. The lowest BCUT2D eigenvalue weighted by Crippen LogP contribution is -2.14. The predicted octanol–water partition coefficient (Wildman–Crippen LogP) is 4.20. The number of carbonyl (C=O) groups excluding carboxylic acids is 1. The highest BCUT2D eigenvalue weighted by Gasteiger charge is 2.09. The average molecular weight is 311 g/mol. The largest absolute Gasteiger partial charge is 0.380 e. The summed E-state index contributed by atoms with van der Waals surface area (Å²) in [6.45, 7) is 0.600. The van der Waals surface area contributed by atoms with E-state index >= 15 is 0 Å². The Labute approximate surface area is 133 Å². The number of fused-ring (bicyclic) bond motifs is 1. The maximum Gasteiger partial charge on any atom is 0.250 e. The van der Waals surface area contributed by atoms with Gasteiger partial charge in [-0.25, -0.2) is 0 Å². The smallest absolute Gasteiger partial charge is 0.250 e. The van der Waals surface area contributed by atoms with E-state index in [0.717, 1.165) is 5.56 Å². The van der Waals surface area contributed by atoms with Crippen molar-refractivity contribution in [1.29, 1.82) is 0 Å². The van der Waals surface area contributed by atoms with Crippen molar-refractivity contribution >= 4 is 34.0 Å². The maximum atomic E-state index is 11.5. The first-order valence-electron chi connectivity index (χ1n) is 6.95. The van der Waals surface area contributed by atoms with Crippen LogP contribution in [0, 0.1) is 0 Å². The standard InChI is InChI=1S/C18H15ClN2O/c19-14-8-9-17(16(10-14)18(20)22)21-11-13-6-3-5-12-4-1-2-7-15(12)13/h1-10,21H,11H2,(H2,20,22). The maximum absolute atomic E-state index is 11.5. The minimum absolute atomic E-state index is 0.396. The van der Waals surface area contributed by atoms with Crippen LogP contribution in [0.2, 0.25) is 5.02 Å². The molecular formula is C18H15ClN2O. The number of amides is 1. The SMILES string of the molecule is NC(=O)c1cc(Cl)ccc1NCc1cccc2ccccc12. The minimum atomic E-state index is -0.497. The number of halogens is 1. The molecule has 3 N–H and O–H groups in total. The summed E-state index contributed by atoms with van der Waals surface area (Å²) in [7, 11) is 0. The van der Waals surface area contributed by atoms with Gasteiger partial charge in [0.15, 0.2) is 0 Å². The molecule has 0 aliphatic rings. The number of hydrogen-bond donors (Lipinski definition) is 2. The molecule has 0 bridgehead atoms. The summed E-state index contributed by atoms with van der Waals surface area (Å²) < 4.78 is 0. The molecule has 0 unspecified atom stereocenters. The first kappa shape index (κ1) is 14.4. The Kier molecular flexibility index (Phi) is 3.98. The van der Waals surface area contributed by atoms with Crippen LogP contribution in [0.3, 0.4) is 0 Å². The summed E-state index contributed by atoms with van der Waals surface area (Å²) in [6.07, 6.45) is 0. The van der Waals surface area contributed by atoms with E-state index in [1.165, 1.54) is 10.8 Å². The molecule has 3 rings (SSSR count). The normalized spacial score (nSPS) is 10.6. The second kappa shape index (κ2) is 6.08. The third-order valence-electron chi connectivity index (χ3n) is 3.60. The molecule has 0 fully saturated rings. The molecule has 22 heavy (non-hydrogen) atoms. The van der Waals surface area contributed by atoms with Crippen molar-refractivity contribution in [2.45, 2.75) is 6.54 Å². The Balaban J connectivity index is 1.90. The Morgan fingerprint density at radius 3 is 2.64 bits per heavy atom. The van der Waals surface area contributed by atoms with Crippen LogP contribution in [-0.2, 0) is 6.54 Å². The highest BCUT2D eigenvalue weighted by molar-refractivity contribution is 6.31. The topological polar surface area (TPSA) is 55.1 Å². The van der Waals surface area contributed by atoms with Crippen LogP contribution in [0.1, 0.15) is 15.9 Å². The lowest BCUT2D eigenvalue weighted by Gasteiger charge is -2.12. The van der Waals surface area contributed by atoms with Crippen molar-refractivity contribution in [3.63, 3.8) is 0 Å². The van der Waals surface area contributed by atoms with Crippen LogP contribution < -0.4 is 11.1 Å². The number of nitrogens with two attached hydrogens (primary N) is 1. The molecule has 0 saturated carbocycles. The van der Waals surface area contributed by atoms with Gasteiger partial charge in [0.1, 0.15) is 0 Å². The molecule has 1 amide bonds. The van der Waals surface area contributed by atoms with Crippen molar-refractivity contribution in [1.82, 2.24) is 0 Å². The molecule has 0 aromatic heterocycles. The zero-order valence-electron chi connectivity index (χ0n) is 11.8. The average Bonchev–Trinajstić information content (AvgIpc) is 2.53. The summed E-state index contributed by atoms with van der Waals surface area (Å²) >= 11 is 5.92. The summed E-state index contributed by atoms with van der Waals surface area (Å²) in [5.41, 5.74) is 7.64. The van der Waals surface area contributed by atoms with Gasteiger partial charge in [-0.1, -0.05) is 54.1 Å². The van der Waals surface area contributed by atoms with Gasteiger partial charge in [-0.15, -0.1) is 0 Å². The van der Waals surface area contributed by atoms with Crippen molar-refractivity contribution in [2.24, 2.45) is 5.73 Å². The fraction of sp³-hybridized carbons (Fsp3) is 0.0556. The minimum Gasteiger partial charge on any atom is -0.380 e. The van der Waals surface area contributed by atoms with Crippen molar-refractivity contribution < 1.29 is 4.79 Å². The van der Waals surface area contributed by atoms with Gasteiger partial charge in [0.2, 0.25) is 0 Å². The van der Waals surface area contributed by atoms with Crippen LogP contribution in [-0.4, -0.2) is 5.91 Å². The van der Waals surface area contributed by atoms with Crippen LogP contribution in [0.15, 0.2) is 60.7 Å². The highest BCUT2D eigenvalue weighted by Crippen LogP contribution is 2.23. The predicted molar refractivity (Wildman–Crippen MR) is 91.2 cm³/mol. The van der Waals surface area contributed by atoms with Crippen molar-refractivity contribution in [2.75, 3.05) is 5.32 Å². The molecule has 0 atom stereocenters. The number of nitrogens with one attached hydrogen (secondary N) is 1. The first-order valence-corrected chi connectivity index (χ1v) is 7.33. The third-order valence-corrected chi connectivity index (χ3v) is 3.83. The lowest BCUT2D eigenvalue weighted by molar-refractivity contribution is 0.100. The van der Waals surface area contributed by atoms with Crippen LogP contribution in [0.4, 0.5) is 5.69 Å². The van der Waals surface area contributed by atoms with Crippen molar-refractivity contribution in [3.05, 3.63) is 76.8 Å². The molecule has 4 heteroatoms. The fourth-order valence-electron chi connectivity index (χ4n) is 2.51. The van der Waals surface area contributed by atoms with Gasteiger partial charge in [-0.2, -0.15) is 0 Å². The summed E-state index contributed by atoms with van der Waals surface area (Å²) in [5.74, 6) is -0.497. The Morgan fingerprint density at radius 2 is 1.82 bits per heavy atom. The number of hydrogen-bond acceptors (Lipinski definition) is 2. The lowest BCUT2D eigenvalue weighted by atomic mass is 10.0. The number of rotatable bonds is 4. The van der Waals surface area contributed by atoms with Crippen molar-refractivity contribution in [3.8, 4) is 0 Å². The molecule has 0 aliphatic carbocycles. The number of primary amides is 1. The highest BCUT2D eigenvalue weighted by atomic mass is 35.5. The molecule has 0 heterocycles. The van der Waals surface area contributed by atoms with Crippen LogP contribution in [0.5, 0.6) is 0 Å². The third kappa shape index (κ3) is 2.90. The van der Waals surface area contributed by atoms with E-state index in [-0.39, 0.29) is 0 Å². The zero-order valence-corrected chi connectivity index (χ0v) is 12.6. The molecule has 0 radical (unpaired) electrons.